The molecule has 2 N–H and O–H groups in total. The molecule has 0 saturated carbocycles. The molecule has 2 rings (SSSR count). The number of carbonyl (C=O) groups excluding carboxylic acids is 1. The van der Waals surface area contributed by atoms with Gasteiger partial charge in [0.15, 0.2) is 11.5 Å². The van der Waals surface area contributed by atoms with Crippen molar-refractivity contribution in [2.45, 2.75) is 6.54 Å². The second kappa shape index (κ2) is 7.72. The highest BCUT2D eigenvalue weighted by Crippen LogP contribution is 2.30. The van der Waals surface area contributed by atoms with Crippen molar-refractivity contribution >= 4 is 5.91 Å². The first kappa shape index (κ1) is 14.6. The lowest BCUT2D eigenvalue weighted by Crippen LogP contribution is -2.34. The van der Waals surface area contributed by atoms with Gasteiger partial charge in [0.1, 0.15) is 13.2 Å². The SMILES string of the molecule is COCCNCC(=O)NCc1ccc2c(c1)OCCO2. The monoisotopic (exact) mass is 280 g/mol. The van der Waals surface area contributed by atoms with Crippen LogP contribution < -0.4 is 20.1 Å². The predicted molar refractivity (Wildman–Crippen MR) is 74.0 cm³/mol. The number of methoxy groups -OCH3 is 1. The summed E-state index contributed by atoms with van der Waals surface area (Å²) in [4.78, 5) is 11.6. The molecule has 1 amide bonds. The van der Waals surface area contributed by atoms with Gasteiger partial charge < -0.3 is 24.8 Å². The summed E-state index contributed by atoms with van der Waals surface area (Å²) in [6.07, 6.45) is 0. The molecule has 0 spiro atoms. The average molecular weight is 280 g/mol. The minimum Gasteiger partial charge on any atom is -0.486 e. The smallest absolute Gasteiger partial charge is 0.234 e. The summed E-state index contributed by atoms with van der Waals surface area (Å²) in [5, 5.41) is 5.83. The molecule has 0 fully saturated rings. The molecule has 1 aromatic carbocycles. The number of hydrogen-bond acceptors (Lipinski definition) is 5. The van der Waals surface area contributed by atoms with E-state index >= 15 is 0 Å². The van der Waals surface area contributed by atoms with Gasteiger partial charge in [-0.2, -0.15) is 0 Å². The van der Waals surface area contributed by atoms with E-state index in [0.29, 0.717) is 32.9 Å². The van der Waals surface area contributed by atoms with Gasteiger partial charge in [0, 0.05) is 20.2 Å². The zero-order chi connectivity index (χ0) is 14.2. The Morgan fingerprint density at radius 2 is 2.10 bits per heavy atom. The molecule has 0 aliphatic carbocycles. The Bertz CT molecular complexity index is 451. The van der Waals surface area contributed by atoms with E-state index in [4.69, 9.17) is 14.2 Å². The van der Waals surface area contributed by atoms with Gasteiger partial charge >= 0.3 is 0 Å². The lowest BCUT2D eigenvalue weighted by molar-refractivity contribution is -0.120. The fraction of sp³-hybridized carbons (Fsp3) is 0.500. The van der Waals surface area contributed by atoms with Crippen LogP contribution >= 0.6 is 0 Å². The van der Waals surface area contributed by atoms with Crippen LogP contribution in [0.4, 0.5) is 0 Å². The molecule has 0 bridgehead atoms. The number of ether oxygens (including phenoxy) is 3. The summed E-state index contributed by atoms with van der Waals surface area (Å²) >= 11 is 0. The Morgan fingerprint density at radius 3 is 2.90 bits per heavy atom. The standard InChI is InChI=1S/C14H20N2O4/c1-18-5-4-15-10-14(17)16-9-11-2-3-12-13(8-11)20-7-6-19-12/h2-3,8,15H,4-7,9-10H2,1H3,(H,16,17). The molecular formula is C14H20N2O4. The number of rotatable bonds is 7. The van der Waals surface area contributed by atoms with E-state index in [1.807, 2.05) is 18.2 Å². The number of benzene rings is 1. The molecule has 6 heteroatoms. The maximum atomic E-state index is 11.6. The van der Waals surface area contributed by atoms with Gasteiger partial charge in [-0.25, -0.2) is 0 Å². The normalized spacial score (nSPS) is 13.1. The van der Waals surface area contributed by atoms with Crippen molar-refractivity contribution in [3.8, 4) is 11.5 Å². The fourth-order valence-corrected chi connectivity index (χ4v) is 1.84. The highest BCUT2D eigenvalue weighted by atomic mass is 16.6. The van der Waals surface area contributed by atoms with E-state index in [9.17, 15) is 4.79 Å². The van der Waals surface area contributed by atoms with Crippen molar-refractivity contribution < 1.29 is 19.0 Å². The highest BCUT2D eigenvalue weighted by molar-refractivity contribution is 5.77. The van der Waals surface area contributed by atoms with Crippen LogP contribution in [0.3, 0.4) is 0 Å². The van der Waals surface area contributed by atoms with E-state index in [1.54, 1.807) is 7.11 Å². The summed E-state index contributed by atoms with van der Waals surface area (Å²) in [6.45, 7) is 3.15. The van der Waals surface area contributed by atoms with Crippen LogP contribution in [0.15, 0.2) is 18.2 Å². The van der Waals surface area contributed by atoms with Gasteiger partial charge in [0.25, 0.3) is 0 Å². The third kappa shape index (κ3) is 4.40. The molecule has 0 aromatic heterocycles. The van der Waals surface area contributed by atoms with Crippen LogP contribution in [-0.2, 0) is 16.1 Å². The van der Waals surface area contributed by atoms with Crippen molar-refractivity contribution in [1.29, 1.82) is 0 Å². The fourth-order valence-electron chi connectivity index (χ4n) is 1.84. The zero-order valence-electron chi connectivity index (χ0n) is 11.6. The van der Waals surface area contributed by atoms with E-state index in [1.165, 1.54) is 0 Å². The molecule has 1 aliphatic rings. The Labute approximate surface area is 118 Å². The van der Waals surface area contributed by atoms with Gasteiger partial charge in [-0.05, 0) is 17.7 Å². The minimum atomic E-state index is -0.0454. The van der Waals surface area contributed by atoms with Gasteiger partial charge in [-0.1, -0.05) is 6.07 Å². The molecule has 1 aliphatic heterocycles. The lowest BCUT2D eigenvalue weighted by atomic mass is 10.2. The number of hydrogen-bond donors (Lipinski definition) is 2. The Morgan fingerprint density at radius 1 is 1.30 bits per heavy atom. The first-order chi connectivity index (χ1) is 9.79. The van der Waals surface area contributed by atoms with Gasteiger partial charge in [0.05, 0.1) is 13.2 Å². The largest absolute Gasteiger partial charge is 0.486 e. The van der Waals surface area contributed by atoms with Gasteiger partial charge in [0.2, 0.25) is 5.91 Å². The number of amides is 1. The molecule has 0 unspecified atom stereocenters. The van der Waals surface area contributed by atoms with Crippen molar-refractivity contribution in [3.63, 3.8) is 0 Å². The maximum absolute atomic E-state index is 11.6. The number of carbonyl (C=O) groups is 1. The lowest BCUT2D eigenvalue weighted by Gasteiger charge is -2.19. The van der Waals surface area contributed by atoms with Crippen LogP contribution in [0.2, 0.25) is 0 Å². The number of fused-ring (bicyclic) bond motifs is 1. The van der Waals surface area contributed by atoms with E-state index in [2.05, 4.69) is 10.6 Å². The second-order valence-corrected chi connectivity index (χ2v) is 4.42. The van der Waals surface area contributed by atoms with Crippen molar-refractivity contribution in [2.75, 3.05) is 40.0 Å². The molecular weight excluding hydrogens is 260 g/mol. The molecule has 110 valence electrons. The predicted octanol–water partition coefficient (Wildman–Crippen LogP) is 0.310. The van der Waals surface area contributed by atoms with Crippen LogP contribution in [-0.4, -0.2) is 45.9 Å². The molecule has 1 heterocycles. The van der Waals surface area contributed by atoms with Crippen LogP contribution in [0.5, 0.6) is 11.5 Å². The first-order valence-corrected chi connectivity index (χ1v) is 6.64. The summed E-state index contributed by atoms with van der Waals surface area (Å²) in [5.74, 6) is 1.45. The van der Waals surface area contributed by atoms with E-state index in [-0.39, 0.29) is 12.5 Å². The highest BCUT2D eigenvalue weighted by Gasteiger charge is 2.11. The molecule has 0 radical (unpaired) electrons. The summed E-state index contributed by atoms with van der Waals surface area (Å²) in [5.41, 5.74) is 0.986. The third-order valence-electron chi connectivity index (χ3n) is 2.86. The quantitative estimate of drug-likeness (QED) is 0.704. The topological polar surface area (TPSA) is 68.8 Å². The van der Waals surface area contributed by atoms with Crippen molar-refractivity contribution in [1.82, 2.24) is 10.6 Å². The zero-order valence-corrected chi connectivity index (χ0v) is 11.6. The van der Waals surface area contributed by atoms with Crippen LogP contribution in [0, 0.1) is 0 Å². The maximum Gasteiger partial charge on any atom is 0.234 e. The second-order valence-electron chi connectivity index (χ2n) is 4.42. The Kier molecular flexibility index (Phi) is 5.64. The van der Waals surface area contributed by atoms with Gasteiger partial charge in [-0.15, -0.1) is 0 Å². The van der Waals surface area contributed by atoms with Crippen LogP contribution in [0.25, 0.3) is 0 Å². The Hall–Kier alpha value is -1.79. The number of nitrogens with one attached hydrogen (secondary N) is 2. The van der Waals surface area contributed by atoms with Crippen LogP contribution in [0.1, 0.15) is 5.56 Å². The summed E-state index contributed by atoms with van der Waals surface area (Å²) < 4.78 is 15.8. The minimum absolute atomic E-state index is 0.0454. The average Bonchev–Trinajstić information content (AvgIpc) is 2.49. The van der Waals surface area contributed by atoms with Crippen molar-refractivity contribution in [3.05, 3.63) is 23.8 Å². The van der Waals surface area contributed by atoms with Crippen molar-refractivity contribution in [2.24, 2.45) is 0 Å². The molecule has 1 aromatic rings. The molecule has 6 nitrogen and oxygen atoms in total. The Balaban J connectivity index is 1.74. The molecule has 0 atom stereocenters. The summed E-state index contributed by atoms with van der Waals surface area (Å²) in [6, 6.07) is 5.69. The molecule has 20 heavy (non-hydrogen) atoms. The van der Waals surface area contributed by atoms with E-state index in [0.717, 1.165) is 17.1 Å². The molecule has 0 saturated heterocycles. The van der Waals surface area contributed by atoms with Gasteiger partial charge in [-0.3, -0.25) is 4.79 Å². The summed E-state index contributed by atoms with van der Waals surface area (Å²) in [7, 11) is 1.63. The van der Waals surface area contributed by atoms with E-state index < -0.39 is 0 Å². The third-order valence-corrected chi connectivity index (χ3v) is 2.86. The first-order valence-electron chi connectivity index (χ1n) is 6.64.